The quantitative estimate of drug-likeness (QED) is 0.868. The van der Waals surface area contributed by atoms with Gasteiger partial charge in [0.2, 0.25) is 0 Å². The molecule has 1 saturated heterocycles. The largest absolute Gasteiger partial charge is 0.465 e. The van der Waals surface area contributed by atoms with Crippen LogP contribution in [0.25, 0.3) is 0 Å². The van der Waals surface area contributed by atoms with Crippen molar-refractivity contribution >= 4 is 17.5 Å². The number of amides is 1. The van der Waals surface area contributed by atoms with Gasteiger partial charge in [-0.05, 0) is 42.7 Å². The van der Waals surface area contributed by atoms with Gasteiger partial charge in [-0.3, -0.25) is 9.80 Å². The highest BCUT2D eigenvalue weighted by Gasteiger charge is 2.19. The van der Waals surface area contributed by atoms with Crippen molar-refractivity contribution in [3.05, 3.63) is 60.2 Å². The molecule has 0 unspecified atom stereocenters. The molecule has 1 heterocycles. The first-order valence-corrected chi connectivity index (χ1v) is 8.71. The molecule has 1 aliphatic rings. The van der Waals surface area contributed by atoms with E-state index in [0.717, 1.165) is 38.2 Å². The molecule has 0 aliphatic carbocycles. The standard InChI is InChI=1S/C20H25N3O2/c1-22(20(24)25)19-9-7-17(8-10-19)21-18-11-13-23(14-12-18)15-16-5-3-2-4-6-16/h2-10,18,21H,11-15H2,1H3,(H,24,25). The lowest BCUT2D eigenvalue weighted by atomic mass is 10.0. The van der Waals surface area contributed by atoms with Crippen LogP contribution >= 0.6 is 0 Å². The number of likely N-dealkylation sites (tertiary alicyclic amines) is 1. The van der Waals surface area contributed by atoms with E-state index in [-0.39, 0.29) is 0 Å². The van der Waals surface area contributed by atoms with Crippen LogP contribution in [0.1, 0.15) is 18.4 Å². The van der Waals surface area contributed by atoms with E-state index in [0.29, 0.717) is 11.7 Å². The van der Waals surface area contributed by atoms with Gasteiger partial charge in [0.25, 0.3) is 0 Å². The second-order valence-corrected chi connectivity index (χ2v) is 6.57. The number of rotatable bonds is 5. The maximum Gasteiger partial charge on any atom is 0.411 e. The fraction of sp³-hybridized carbons (Fsp3) is 0.350. The molecule has 5 heteroatoms. The van der Waals surface area contributed by atoms with Crippen LogP contribution in [0.5, 0.6) is 0 Å². The molecular formula is C20H25N3O2. The Morgan fingerprint density at radius 3 is 2.36 bits per heavy atom. The van der Waals surface area contributed by atoms with Crippen molar-refractivity contribution in [1.82, 2.24) is 4.90 Å². The molecule has 0 aromatic heterocycles. The van der Waals surface area contributed by atoms with Gasteiger partial charge in [-0.1, -0.05) is 30.3 Å². The first-order valence-electron chi connectivity index (χ1n) is 8.71. The molecule has 1 aliphatic heterocycles. The van der Waals surface area contributed by atoms with E-state index < -0.39 is 6.09 Å². The number of anilines is 2. The first-order chi connectivity index (χ1) is 12.1. The Labute approximate surface area is 148 Å². The molecule has 2 aromatic rings. The van der Waals surface area contributed by atoms with Gasteiger partial charge in [-0.15, -0.1) is 0 Å². The predicted octanol–water partition coefficient (Wildman–Crippen LogP) is 3.88. The number of piperidine rings is 1. The van der Waals surface area contributed by atoms with Crippen molar-refractivity contribution in [2.45, 2.75) is 25.4 Å². The molecule has 3 rings (SSSR count). The van der Waals surface area contributed by atoms with Gasteiger partial charge in [-0.2, -0.15) is 0 Å². The van der Waals surface area contributed by atoms with Crippen LogP contribution < -0.4 is 10.2 Å². The second kappa shape index (κ2) is 8.03. The molecule has 2 aromatic carbocycles. The van der Waals surface area contributed by atoms with Crippen molar-refractivity contribution in [3.8, 4) is 0 Å². The lowest BCUT2D eigenvalue weighted by molar-refractivity contribution is 0.203. The summed E-state index contributed by atoms with van der Waals surface area (Å²) >= 11 is 0. The number of nitrogens with one attached hydrogen (secondary N) is 1. The van der Waals surface area contributed by atoms with Crippen LogP contribution in [0.3, 0.4) is 0 Å². The fourth-order valence-electron chi connectivity index (χ4n) is 3.20. The molecule has 2 N–H and O–H groups in total. The number of hydrogen-bond donors (Lipinski definition) is 2. The highest BCUT2D eigenvalue weighted by Crippen LogP contribution is 2.21. The molecule has 0 saturated carbocycles. The summed E-state index contributed by atoms with van der Waals surface area (Å²) in [6.07, 6.45) is 1.28. The van der Waals surface area contributed by atoms with Gasteiger partial charge in [0, 0.05) is 44.1 Å². The minimum atomic E-state index is -0.952. The summed E-state index contributed by atoms with van der Waals surface area (Å²) in [5, 5.41) is 12.6. The molecule has 25 heavy (non-hydrogen) atoms. The van der Waals surface area contributed by atoms with Crippen molar-refractivity contribution < 1.29 is 9.90 Å². The summed E-state index contributed by atoms with van der Waals surface area (Å²) in [5.74, 6) is 0. The molecular weight excluding hydrogens is 314 g/mol. The number of hydrogen-bond acceptors (Lipinski definition) is 3. The maximum absolute atomic E-state index is 11.0. The van der Waals surface area contributed by atoms with Crippen LogP contribution in [0, 0.1) is 0 Å². The van der Waals surface area contributed by atoms with Gasteiger partial charge in [-0.25, -0.2) is 4.79 Å². The zero-order valence-corrected chi connectivity index (χ0v) is 14.6. The molecule has 0 bridgehead atoms. The van der Waals surface area contributed by atoms with Crippen LogP contribution in [-0.2, 0) is 6.54 Å². The zero-order chi connectivity index (χ0) is 17.6. The zero-order valence-electron chi connectivity index (χ0n) is 14.6. The minimum Gasteiger partial charge on any atom is -0.465 e. The number of carbonyl (C=O) groups is 1. The monoisotopic (exact) mass is 339 g/mol. The van der Waals surface area contributed by atoms with Crippen LogP contribution in [0.4, 0.5) is 16.2 Å². The second-order valence-electron chi connectivity index (χ2n) is 6.57. The van der Waals surface area contributed by atoms with E-state index in [9.17, 15) is 4.79 Å². The Hall–Kier alpha value is -2.53. The third-order valence-electron chi connectivity index (χ3n) is 4.75. The Morgan fingerprint density at radius 2 is 1.76 bits per heavy atom. The summed E-state index contributed by atoms with van der Waals surface area (Å²) in [6.45, 7) is 3.20. The van der Waals surface area contributed by atoms with Crippen molar-refractivity contribution in [3.63, 3.8) is 0 Å². The van der Waals surface area contributed by atoms with Crippen molar-refractivity contribution in [1.29, 1.82) is 0 Å². The van der Waals surface area contributed by atoms with E-state index in [1.54, 1.807) is 7.05 Å². The topological polar surface area (TPSA) is 55.8 Å². The smallest absolute Gasteiger partial charge is 0.411 e. The molecule has 132 valence electrons. The summed E-state index contributed by atoms with van der Waals surface area (Å²) in [4.78, 5) is 14.7. The van der Waals surface area contributed by atoms with Gasteiger partial charge < -0.3 is 10.4 Å². The van der Waals surface area contributed by atoms with Crippen molar-refractivity contribution in [2.24, 2.45) is 0 Å². The Bertz CT molecular complexity index is 680. The van der Waals surface area contributed by atoms with Crippen LogP contribution in [0.15, 0.2) is 54.6 Å². The summed E-state index contributed by atoms with van der Waals surface area (Å²) in [6, 6.07) is 18.6. The number of benzene rings is 2. The number of nitrogens with zero attached hydrogens (tertiary/aromatic N) is 2. The van der Waals surface area contributed by atoms with E-state index in [1.807, 2.05) is 24.3 Å². The average Bonchev–Trinajstić information content (AvgIpc) is 2.64. The van der Waals surface area contributed by atoms with Crippen LogP contribution in [0.2, 0.25) is 0 Å². The fourth-order valence-corrected chi connectivity index (χ4v) is 3.20. The first kappa shape index (κ1) is 17.3. The van der Waals surface area contributed by atoms with Crippen LogP contribution in [-0.4, -0.2) is 42.3 Å². The SMILES string of the molecule is CN(C(=O)O)c1ccc(NC2CCN(Cc3ccccc3)CC2)cc1. The highest BCUT2D eigenvalue weighted by molar-refractivity contribution is 5.85. The Morgan fingerprint density at radius 1 is 1.12 bits per heavy atom. The lowest BCUT2D eigenvalue weighted by Gasteiger charge is -2.33. The summed E-state index contributed by atoms with van der Waals surface area (Å²) in [5.41, 5.74) is 3.09. The molecule has 5 nitrogen and oxygen atoms in total. The summed E-state index contributed by atoms with van der Waals surface area (Å²) < 4.78 is 0. The van der Waals surface area contributed by atoms with E-state index in [1.165, 1.54) is 10.5 Å². The third-order valence-corrected chi connectivity index (χ3v) is 4.75. The average molecular weight is 339 g/mol. The highest BCUT2D eigenvalue weighted by atomic mass is 16.4. The minimum absolute atomic E-state index is 0.468. The Balaban J connectivity index is 1.48. The third kappa shape index (κ3) is 4.73. The van der Waals surface area contributed by atoms with Gasteiger partial charge in [0.15, 0.2) is 0 Å². The molecule has 0 atom stereocenters. The molecule has 1 amide bonds. The van der Waals surface area contributed by atoms with E-state index in [2.05, 4.69) is 40.5 Å². The maximum atomic E-state index is 11.0. The van der Waals surface area contributed by atoms with Gasteiger partial charge in [0.1, 0.15) is 0 Å². The van der Waals surface area contributed by atoms with Gasteiger partial charge in [0.05, 0.1) is 0 Å². The predicted molar refractivity (Wildman–Crippen MR) is 101 cm³/mol. The van der Waals surface area contributed by atoms with E-state index in [4.69, 9.17) is 5.11 Å². The molecule has 0 spiro atoms. The van der Waals surface area contributed by atoms with E-state index >= 15 is 0 Å². The summed E-state index contributed by atoms with van der Waals surface area (Å²) in [7, 11) is 1.55. The van der Waals surface area contributed by atoms with Crippen molar-refractivity contribution in [2.75, 3.05) is 30.4 Å². The van der Waals surface area contributed by atoms with Gasteiger partial charge >= 0.3 is 6.09 Å². The normalized spacial score (nSPS) is 15.7. The molecule has 1 fully saturated rings. The lowest BCUT2D eigenvalue weighted by Crippen LogP contribution is -2.38. The Kier molecular flexibility index (Phi) is 5.56. The number of carboxylic acid groups (broad SMARTS) is 1. The molecule has 0 radical (unpaired) electrons.